The maximum atomic E-state index is 5.87. The van der Waals surface area contributed by atoms with Crippen LogP contribution >= 0.6 is 38.9 Å². The van der Waals surface area contributed by atoms with Gasteiger partial charge in [-0.3, -0.25) is 0 Å². The van der Waals surface area contributed by atoms with Gasteiger partial charge < -0.3 is 5.73 Å². The summed E-state index contributed by atoms with van der Waals surface area (Å²) in [5, 5.41) is 0.756. The molecule has 0 aliphatic heterocycles. The fourth-order valence-corrected chi connectivity index (χ4v) is 3.32. The van der Waals surface area contributed by atoms with Crippen molar-refractivity contribution < 1.29 is 0 Å². The fourth-order valence-electron chi connectivity index (χ4n) is 1.63. The molecule has 1 aromatic heterocycles. The Morgan fingerprint density at radius 2 is 1.88 bits per heavy atom. The molecule has 0 saturated heterocycles. The van der Waals surface area contributed by atoms with Gasteiger partial charge in [-0.1, -0.05) is 23.7 Å². The molecule has 2 rings (SSSR count). The lowest BCUT2D eigenvalue weighted by Crippen LogP contribution is -2.12. The zero-order valence-corrected chi connectivity index (χ0v) is 11.6. The van der Waals surface area contributed by atoms with E-state index in [2.05, 4.69) is 28.1 Å². The van der Waals surface area contributed by atoms with E-state index in [1.807, 2.05) is 24.3 Å². The first-order chi connectivity index (χ1) is 7.70. The lowest BCUT2D eigenvalue weighted by Gasteiger charge is -2.13. The van der Waals surface area contributed by atoms with Gasteiger partial charge in [0.25, 0.3) is 0 Å². The largest absolute Gasteiger partial charge is 0.329 e. The van der Waals surface area contributed by atoms with Crippen LogP contribution in [0.2, 0.25) is 5.02 Å². The zero-order valence-electron chi connectivity index (χ0n) is 8.49. The van der Waals surface area contributed by atoms with Crippen LogP contribution in [0.3, 0.4) is 0 Å². The summed E-state index contributed by atoms with van der Waals surface area (Å²) in [5.41, 5.74) is 7.05. The van der Waals surface area contributed by atoms with Crippen molar-refractivity contribution >= 4 is 38.9 Å². The van der Waals surface area contributed by atoms with Crippen LogP contribution in [0.4, 0.5) is 0 Å². The molecule has 0 amide bonds. The highest BCUT2D eigenvalue weighted by Crippen LogP contribution is 2.32. The van der Waals surface area contributed by atoms with Gasteiger partial charge in [0.15, 0.2) is 0 Å². The first kappa shape index (κ1) is 12.1. The smallest absolute Gasteiger partial charge is 0.0701 e. The van der Waals surface area contributed by atoms with E-state index >= 15 is 0 Å². The quantitative estimate of drug-likeness (QED) is 0.900. The van der Waals surface area contributed by atoms with E-state index in [0.717, 1.165) is 8.81 Å². The van der Waals surface area contributed by atoms with E-state index in [0.29, 0.717) is 6.54 Å². The molecular formula is C12H11BrClNS. The van der Waals surface area contributed by atoms with Crippen LogP contribution in [-0.2, 0) is 0 Å². The summed E-state index contributed by atoms with van der Waals surface area (Å²) in [6, 6.07) is 12.0. The molecular weight excluding hydrogens is 306 g/mol. The SMILES string of the molecule is NCC(c1ccc(Cl)cc1)c1ccc(Br)s1. The second kappa shape index (κ2) is 5.32. The highest BCUT2D eigenvalue weighted by atomic mass is 79.9. The molecule has 16 heavy (non-hydrogen) atoms. The van der Waals surface area contributed by atoms with Crippen molar-refractivity contribution in [3.8, 4) is 0 Å². The Hall–Kier alpha value is -0.350. The molecule has 1 aromatic carbocycles. The van der Waals surface area contributed by atoms with Crippen molar-refractivity contribution in [2.24, 2.45) is 5.73 Å². The summed E-state index contributed by atoms with van der Waals surface area (Å²) in [4.78, 5) is 1.27. The summed E-state index contributed by atoms with van der Waals surface area (Å²) < 4.78 is 1.13. The van der Waals surface area contributed by atoms with Gasteiger partial charge in [0.1, 0.15) is 0 Å². The second-order valence-electron chi connectivity index (χ2n) is 3.48. The summed E-state index contributed by atoms with van der Waals surface area (Å²) in [5.74, 6) is 0.258. The normalized spacial score (nSPS) is 12.7. The Morgan fingerprint density at radius 3 is 2.38 bits per heavy atom. The van der Waals surface area contributed by atoms with Crippen molar-refractivity contribution in [3.05, 3.63) is 55.6 Å². The average molecular weight is 317 g/mol. The van der Waals surface area contributed by atoms with E-state index in [4.69, 9.17) is 17.3 Å². The molecule has 2 aromatic rings. The minimum Gasteiger partial charge on any atom is -0.329 e. The Kier molecular flexibility index (Phi) is 4.03. The second-order valence-corrected chi connectivity index (χ2v) is 6.41. The van der Waals surface area contributed by atoms with Crippen LogP contribution < -0.4 is 5.73 Å². The van der Waals surface area contributed by atoms with E-state index in [1.54, 1.807) is 11.3 Å². The van der Waals surface area contributed by atoms with Crippen molar-refractivity contribution in [1.29, 1.82) is 0 Å². The number of rotatable bonds is 3. The highest BCUT2D eigenvalue weighted by Gasteiger charge is 2.14. The third kappa shape index (κ3) is 2.66. The summed E-state index contributed by atoms with van der Waals surface area (Å²) in [6.07, 6.45) is 0. The molecule has 0 bridgehead atoms. The lowest BCUT2D eigenvalue weighted by atomic mass is 9.98. The minimum absolute atomic E-state index is 0.258. The van der Waals surface area contributed by atoms with Gasteiger partial charge in [0.05, 0.1) is 3.79 Å². The maximum absolute atomic E-state index is 5.87. The zero-order chi connectivity index (χ0) is 11.5. The van der Waals surface area contributed by atoms with Crippen LogP contribution in [0.25, 0.3) is 0 Å². The molecule has 1 atom stereocenters. The molecule has 0 aliphatic carbocycles. The minimum atomic E-state index is 0.258. The molecule has 2 N–H and O–H groups in total. The van der Waals surface area contributed by atoms with E-state index in [1.165, 1.54) is 10.4 Å². The van der Waals surface area contributed by atoms with Crippen molar-refractivity contribution in [2.45, 2.75) is 5.92 Å². The number of thiophene rings is 1. The van der Waals surface area contributed by atoms with Crippen molar-refractivity contribution in [2.75, 3.05) is 6.54 Å². The van der Waals surface area contributed by atoms with Gasteiger partial charge in [0.2, 0.25) is 0 Å². The maximum Gasteiger partial charge on any atom is 0.0701 e. The van der Waals surface area contributed by atoms with Gasteiger partial charge in [-0.25, -0.2) is 0 Å². The molecule has 84 valence electrons. The molecule has 0 fully saturated rings. The van der Waals surface area contributed by atoms with Crippen LogP contribution in [0.5, 0.6) is 0 Å². The predicted molar refractivity (Wildman–Crippen MR) is 74.4 cm³/mol. The molecule has 4 heteroatoms. The third-order valence-corrected chi connectivity index (χ3v) is 4.43. The van der Waals surface area contributed by atoms with Gasteiger partial charge in [-0.05, 0) is 45.8 Å². The summed E-state index contributed by atoms with van der Waals surface area (Å²) in [7, 11) is 0. The number of nitrogens with two attached hydrogens (primary N) is 1. The molecule has 1 unspecified atom stereocenters. The lowest BCUT2D eigenvalue weighted by molar-refractivity contribution is 0.836. The first-order valence-electron chi connectivity index (χ1n) is 4.91. The Balaban J connectivity index is 2.32. The van der Waals surface area contributed by atoms with Crippen molar-refractivity contribution in [1.82, 2.24) is 0 Å². The Bertz CT molecular complexity index is 466. The first-order valence-corrected chi connectivity index (χ1v) is 6.90. The van der Waals surface area contributed by atoms with Crippen molar-refractivity contribution in [3.63, 3.8) is 0 Å². The van der Waals surface area contributed by atoms with Gasteiger partial charge in [0, 0.05) is 22.4 Å². The Morgan fingerprint density at radius 1 is 1.19 bits per heavy atom. The Labute approximate surface area is 112 Å². The summed E-state index contributed by atoms with van der Waals surface area (Å²) in [6.45, 7) is 0.606. The van der Waals surface area contributed by atoms with E-state index < -0.39 is 0 Å². The van der Waals surface area contributed by atoms with E-state index in [-0.39, 0.29) is 5.92 Å². The monoisotopic (exact) mass is 315 g/mol. The number of halogens is 2. The number of hydrogen-bond donors (Lipinski definition) is 1. The molecule has 0 saturated carbocycles. The van der Waals surface area contributed by atoms with Crippen LogP contribution in [-0.4, -0.2) is 6.54 Å². The van der Waals surface area contributed by atoms with Gasteiger partial charge >= 0.3 is 0 Å². The third-order valence-electron chi connectivity index (χ3n) is 2.45. The standard InChI is InChI=1S/C12H11BrClNS/c13-12-6-5-11(16-12)10(7-15)8-1-3-9(14)4-2-8/h1-6,10H,7,15H2. The topological polar surface area (TPSA) is 26.0 Å². The van der Waals surface area contributed by atoms with Gasteiger partial charge in [-0.2, -0.15) is 0 Å². The number of benzene rings is 1. The molecule has 0 spiro atoms. The molecule has 1 heterocycles. The summed E-state index contributed by atoms with van der Waals surface area (Å²) >= 11 is 11.1. The fraction of sp³-hybridized carbons (Fsp3) is 0.167. The molecule has 1 nitrogen and oxygen atoms in total. The molecule has 0 radical (unpaired) electrons. The molecule has 0 aliphatic rings. The van der Waals surface area contributed by atoms with Crippen LogP contribution in [0, 0.1) is 0 Å². The van der Waals surface area contributed by atoms with E-state index in [9.17, 15) is 0 Å². The van der Waals surface area contributed by atoms with Crippen LogP contribution in [0.15, 0.2) is 40.2 Å². The average Bonchev–Trinajstić information content (AvgIpc) is 2.69. The predicted octanol–water partition coefficient (Wildman–Crippen LogP) is 4.25. The highest BCUT2D eigenvalue weighted by molar-refractivity contribution is 9.11. The van der Waals surface area contributed by atoms with Gasteiger partial charge in [-0.15, -0.1) is 11.3 Å². The number of hydrogen-bond acceptors (Lipinski definition) is 2. The van der Waals surface area contributed by atoms with Crippen LogP contribution in [0.1, 0.15) is 16.4 Å².